The fourth-order valence-corrected chi connectivity index (χ4v) is 2.57. The maximum atomic E-state index is 12.9. The van der Waals surface area contributed by atoms with E-state index in [0.29, 0.717) is 11.6 Å². The molecule has 0 aliphatic carbocycles. The van der Waals surface area contributed by atoms with E-state index in [1.165, 1.54) is 12.1 Å². The lowest BCUT2D eigenvalue weighted by molar-refractivity contribution is 0.0785. The van der Waals surface area contributed by atoms with Crippen LogP contribution < -0.4 is 5.32 Å². The number of nitrogens with one attached hydrogen (secondary N) is 1. The number of carbonyl (C=O) groups is 1. The summed E-state index contributed by atoms with van der Waals surface area (Å²) in [5.41, 5.74) is 0.578. The van der Waals surface area contributed by atoms with E-state index in [4.69, 9.17) is 0 Å². The summed E-state index contributed by atoms with van der Waals surface area (Å²) < 4.78 is 12.9. The molecule has 2 rings (SSSR count). The Balaban J connectivity index is 2.03. The first-order valence-electron chi connectivity index (χ1n) is 6.82. The van der Waals surface area contributed by atoms with E-state index in [2.05, 4.69) is 10.2 Å². The van der Waals surface area contributed by atoms with Gasteiger partial charge in [-0.15, -0.1) is 0 Å². The van der Waals surface area contributed by atoms with Crippen molar-refractivity contribution in [3.63, 3.8) is 0 Å². The van der Waals surface area contributed by atoms with Crippen LogP contribution in [0.4, 0.5) is 4.39 Å². The molecule has 1 aliphatic heterocycles. The van der Waals surface area contributed by atoms with Gasteiger partial charge in [-0.25, -0.2) is 4.39 Å². The van der Waals surface area contributed by atoms with Crippen molar-refractivity contribution in [1.82, 2.24) is 10.2 Å². The molecule has 1 fully saturated rings. The van der Waals surface area contributed by atoms with Crippen LogP contribution in [0.5, 0.6) is 0 Å². The number of carbonyl (C=O) groups excluding carboxylic acids is 1. The molecule has 0 amide bonds. The summed E-state index contributed by atoms with van der Waals surface area (Å²) in [6.45, 7) is 3.94. The average molecular weight is 264 g/mol. The average Bonchev–Trinajstić information content (AvgIpc) is 2.46. The molecule has 1 aromatic carbocycles. The summed E-state index contributed by atoms with van der Waals surface area (Å²) in [5, 5.41) is 3.32. The number of benzene rings is 1. The van der Waals surface area contributed by atoms with Crippen molar-refractivity contribution in [2.45, 2.75) is 31.8 Å². The molecule has 0 saturated carbocycles. The lowest BCUT2D eigenvalue weighted by atomic mass is 9.99. The topological polar surface area (TPSA) is 32.3 Å². The number of hydrogen-bond acceptors (Lipinski definition) is 3. The van der Waals surface area contributed by atoms with Gasteiger partial charge < -0.3 is 5.32 Å². The molecule has 4 heteroatoms. The number of Topliss-reactive ketones (excluding diaryl/α,β-unsaturated/α-hetero) is 1. The maximum absolute atomic E-state index is 12.9. The van der Waals surface area contributed by atoms with E-state index in [-0.39, 0.29) is 17.6 Å². The molecule has 1 saturated heterocycles. The van der Waals surface area contributed by atoms with Gasteiger partial charge in [0.2, 0.25) is 0 Å². The molecule has 1 N–H and O–H groups in total. The van der Waals surface area contributed by atoms with Gasteiger partial charge in [0.1, 0.15) is 5.82 Å². The van der Waals surface area contributed by atoms with Crippen LogP contribution in [0.1, 0.15) is 30.1 Å². The number of rotatable bonds is 4. The van der Waals surface area contributed by atoms with Crippen LogP contribution in [-0.4, -0.2) is 42.9 Å². The van der Waals surface area contributed by atoms with Crippen LogP contribution in [0.3, 0.4) is 0 Å². The van der Waals surface area contributed by atoms with Gasteiger partial charge in [0, 0.05) is 11.6 Å². The largest absolute Gasteiger partial charge is 0.317 e. The van der Waals surface area contributed by atoms with E-state index in [1.807, 2.05) is 14.0 Å². The Morgan fingerprint density at radius 1 is 1.32 bits per heavy atom. The zero-order chi connectivity index (χ0) is 13.8. The normalized spacial score (nSPS) is 18.5. The Kier molecular flexibility index (Phi) is 4.66. The van der Waals surface area contributed by atoms with Crippen molar-refractivity contribution >= 4 is 5.78 Å². The van der Waals surface area contributed by atoms with Gasteiger partial charge in [0.05, 0.1) is 6.04 Å². The van der Waals surface area contributed by atoms with Crippen molar-refractivity contribution < 1.29 is 9.18 Å². The van der Waals surface area contributed by atoms with E-state index in [0.717, 1.165) is 25.9 Å². The SMILES string of the molecule is CC(C(=O)c1ccc(F)cc1)N(C)C1CCNCC1. The van der Waals surface area contributed by atoms with Crippen molar-refractivity contribution in [3.05, 3.63) is 35.6 Å². The molecule has 1 aliphatic rings. The minimum Gasteiger partial charge on any atom is -0.317 e. The van der Waals surface area contributed by atoms with Gasteiger partial charge in [-0.1, -0.05) is 0 Å². The molecule has 0 bridgehead atoms. The highest BCUT2D eigenvalue weighted by Crippen LogP contribution is 2.16. The summed E-state index contributed by atoms with van der Waals surface area (Å²) in [5.74, 6) is -0.253. The Morgan fingerprint density at radius 2 is 1.89 bits per heavy atom. The van der Waals surface area contributed by atoms with Crippen molar-refractivity contribution in [2.24, 2.45) is 0 Å². The first kappa shape index (κ1) is 14.2. The number of nitrogens with zero attached hydrogens (tertiary/aromatic N) is 1. The third-order valence-corrected chi connectivity index (χ3v) is 4.00. The molecule has 0 spiro atoms. The number of hydrogen-bond donors (Lipinski definition) is 1. The van der Waals surface area contributed by atoms with Crippen LogP contribution in [-0.2, 0) is 0 Å². The second-order valence-electron chi connectivity index (χ2n) is 5.19. The van der Waals surface area contributed by atoms with E-state index < -0.39 is 0 Å². The van der Waals surface area contributed by atoms with Crippen LogP contribution >= 0.6 is 0 Å². The highest BCUT2D eigenvalue weighted by Gasteiger charge is 2.26. The lowest BCUT2D eigenvalue weighted by Crippen LogP contribution is -2.47. The zero-order valence-electron chi connectivity index (χ0n) is 11.5. The smallest absolute Gasteiger partial charge is 0.179 e. The molecule has 104 valence electrons. The predicted molar refractivity (Wildman–Crippen MR) is 73.8 cm³/mol. The minimum absolute atomic E-state index is 0.0565. The van der Waals surface area contributed by atoms with Crippen molar-refractivity contribution in [2.75, 3.05) is 20.1 Å². The van der Waals surface area contributed by atoms with Crippen LogP contribution in [0.2, 0.25) is 0 Å². The van der Waals surface area contributed by atoms with E-state index >= 15 is 0 Å². The lowest BCUT2D eigenvalue weighted by Gasteiger charge is -2.35. The second kappa shape index (κ2) is 6.26. The Bertz CT molecular complexity index is 426. The highest BCUT2D eigenvalue weighted by atomic mass is 19.1. The number of likely N-dealkylation sites (N-methyl/N-ethyl adjacent to an activating group) is 1. The predicted octanol–water partition coefficient (Wildman–Crippen LogP) is 2.08. The Labute approximate surface area is 113 Å². The standard InChI is InChI=1S/C15H21FN2O/c1-11(18(2)14-7-9-17-10-8-14)15(19)12-3-5-13(16)6-4-12/h3-6,11,14,17H,7-10H2,1-2H3. The van der Waals surface area contributed by atoms with Gasteiger partial charge in [-0.2, -0.15) is 0 Å². The highest BCUT2D eigenvalue weighted by molar-refractivity contribution is 5.99. The summed E-state index contributed by atoms with van der Waals surface area (Å²) in [7, 11) is 2.00. The van der Waals surface area contributed by atoms with E-state index in [9.17, 15) is 9.18 Å². The van der Waals surface area contributed by atoms with Gasteiger partial charge in [0.25, 0.3) is 0 Å². The summed E-state index contributed by atoms with van der Waals surface area (Å²) in [6.07, 6.45) is 2.13. The Morgan fingerprint density at radius 3 is 2.47 bits per heavy atom. The molecular weight excluding hydrogens is 243 g/mol. The monoisotopic (exact) mass is 264 g/mol. The maximum Gasteiger partial charge on any atom is 0.179 e. The molecule has 1 heterocycles. The molecule has 0 radical (unpaired) electrons. The minimum atomic E-state index is -0.309. The van der Waals surface area contributed by atoms with Crippen molar-refractivity contribution in [3.8, 4) is 0 Å². The third kappa shape index (κ3) is 3.39. The van der Waals surface area contributed by atoms with Gasteiger partial charge >= 0.3 is 0 Å². The van der Waals surface area contributed by atoms with E-state index in [1.54, 1.807) is 12.1 Å². The third-order valence-electron chi connectivity index (χ3n) is 4.00. The van der Waals surface area contributed by atoms with Crippen LogP contribution in [0.15, 0.2) is 24.3 Å². The summed E-state index contributed by atoms with van der Waals surface area (Å²) in [4.78, 5) is 14.5. The van der Waals surface area contributed by atoms with Gasteiger partial charge in [0.15, 0.2) is 5.78 Å². The molecule has 0 aromatic heterocycles. The van der Waals surface area contributed by atoms with Gasteiger partial charge in [-0.3, -0.25) is 9.69 Å². The number of piperidine rings is 1. The van der Waals surface area contributed by atoms with Crippen LogP contribution in [0.25, 0.3) is 0 Å². The quantitative estimate of drug-likeness (QED) is 0.845. The zero-order valence-corrected chi connectivity index (χ0v) is 11.5. The first-order chi connectivity index (χ1) is 9.09. The fraction of sp³-hybridized carbons (Fsp3) is 0.533. The number of ketones is 1. The second-order valence-corrected chi connectivity index (χ2v) is 5.19. The van der Waals surface area contributed by atoms with Crippen LogP contribution in [0, 0.1) is 5.82 Å². The molecule has 3 nitrogen and oxygen atoms in total. The first-order valence-corrected chi connectivity index (χ1v) is 6.82. The molecular formula is C15H21FN2O. The van der Waals surface area contributed by atoms with Crippen molar-refractivity contribution in [1.29, 1.82) is 0 Å². The molecule has 1 unspecified atom stereocenters. The molecule has 19 heavy (non-hydrogen) atoms. The summed E-state index contributed by atoms with van der Waals surface area (Å²) in [6, 6.07) is 6.07. The summed E-state index contributed by atoms with van der Waals surface area (Å²) >= 11 is 0. The van der Waals surface area contributed by atoms with Gasteiger partial charge in [-0.05, 0) is 64.2 Å². The Hall–Kier alpha value is -1.26. The molecule has 1 atom stereocenters. The fourth-order valence-electron chi connectivity index (χ4n) is 2.57. The molecule has 1 aromatic rings. The number of halogens is 1.